The van der Waals surface area contributed by atoms with E-state index in [0.29, 0.717) is 6.42 Å². The molecule has 1 N–H and O–H groups in total. The Labute approximate surface area is 343 Å². The highest BCUT2D eigenvalue weighted by atomic mass is 79.9. The van der Waals surface area contributed by atoms with E-state index in [1.54, 1.807) is 0 Å². The number of carbonyl (C=O) groups excluding carboxylic acids is 4. The standard InChI is InChI=1S/C39H50Br2O15/c1-23(42)49-22-31-34(51-24(2)43)36(52-25(3)44)37(53-26(4)45)39(55-31)56-33-30(21-47-19-27-12-7-5-8-13-27)54-38(48-17-11-16-29(41)18-40)32(46)35(33)50-20-28-14-9-6-10-15-28/h5-10,12-15,29-39,46H,11,16-22H2,1-4H3/t29?,30-,31-,32+,33-,34+,35-,36+,37-,38+,39+/m1/s1. The molecule has 2 aliphatic heterocycles. The second-order valence-corrected chi connectivity index (χ2v) is 15.2. The molecule has 0 aliphatic carbocycles. The van der Waals surface area contributed by atoms with Crippen molar-refractivity contribution in [3.63, 3.8) is 0 Å². The van der Waals surface area contributed by atoms with Gasteiger partial charge >= 0.3 is 23.9 Å². The fourth-order valence-electron chi connectivity index (χ4n) is 6.19. The fraction of sp³-hybridized carbons (Fsp3) is 0.590. The first-order valence-electron chi connectivity index (χ1n) is 18.2. The van der Waals surface area contributed by atoms with Gasteiger partial charge in [-0.3, -0.25) is 19.2 Å². The molecule has 17 heteroatoms. The summed E-state index contributed by atoms with van der Waals surface area (Å²) in [6.45, 7) is 4.52. The summed E-state index contributed by atoms with van der Waals surface area (Å²) in [5.41, 5.74) is 1.69. The van der Waals surface area contributed by atoms with Crippen molar-refractivity contribution in [3.8, 4) is 0 Å². The Morgan fingerprint density at radius 1 is 0.679 bits per heavy atom. The number of carbonyl (C=O) groups is 4. The second-order valence-electron chi connectivity index (χ2n) is 13.2. The molecule has 1 unspecified atom stereocenters. The molecule has 2 heterocycles. The fourth-order valence-corrected chi connectivity index (χ4v) is 6.84. The van der Waals surface area contributed by atoms with Crippen LogP contribution in [0, 0.1) is 0 Å². The minimum absolute atomic E-state index is 0.0435. The maximum absolute atomic E-state index is 12.6. The lowest BCUT2D eigenvalue weighted by Gasteiger charge is -2.48. The normalized spacial score (nSPS) is 28.1. The summed E-state index contributed by atoms with van der Waals surface area (Å²) in [6.07, 6.45) is -11.8. The number of benzene rings is 2. The predicted octanol–water partition coefficient (Wildman–Crippen LogP) is 4.30. The highest BCUT2D eigenvalue weighted by Crippen LogP contribution is 2.35. The van der Waals surface area contributed by atoms with Gasteiger partial charge in [-0.1, -0.05) is 92.5 Å². The van der Waals surface area contributed by atoms with Crippen LogP contribution < -0.4 is 0 Å². The quantitative estimate of drug-likeness (QED) is 0.0860. The number of hydrogen-bond donors (Lipinski definition) is 1. The van der Waals surface area contributed by atoms with Crippen LogP contribution in [0.1, 0.15) is 51.7 Å². The average molecular weight is 919 g/mol. The zero-order valence-electron chi connectivity index (χ0n) is 31.7. The SMILES string of the molecule is CC(=O)OC[C@H]1O[C@@H](O[C@H]2[C@H](OCc3ccccc3)[C@H](O)[C@@H](OCCCC(Br)CBr)O[C@@H]2COCc2ccccc2)[C@H](OC(C)=O)[C@@H](OC(C)=O)[C@H]1OC(C)=O. The summed E-state index contributed by atoms with van der Waals surface area (Å²) in [5.74, 6) is -3.05. The molecule has 15 nitrogen and oxygen atoms in total. The van der Waals surface area contributed by atoms with Gasteiger partial charge in [-0.15, -0.1) is 0 Å². The van der Waals surface area contributed by atoms with Gasteiger partial charge in [0.05, 0.1) is 19.8 Å². The van der Waals surface area contributed by atoms with Gasteiger partial charge < -0.3 is 52.5 Å². The van der Waals surface area contributed by atoms with Crippen molar-refractivity contribution in [2.45, 2.75) is 120 Å². The minimum Gasteiger partial charge on any atom is -0.463 e. The molecule has 2 fully saturated rings. The Kier molecular flexibility index (Phi) is 19.1. The minimum atomic E-state index is -1.59. The molecule has 0 radical (unpaired) electrons. The first kappa shape index (κ1) is 45.7. The van der Waals surface area contributed by atoms with Crippen molar-refractivity contribution in [1.29, 1.82) is 0 Å². The number of aliphatic hydroxyl groups is 1. The molecule has 0 amide bonds. The van der Waals surface area contributed by atoms with Gasteiger partial charge in [0.25, 0.3) is 0 Å². The lowest BCUT2D eigenvalue weighted by Crippen LogP contribution is -2.66. The van der Waals surface area contributed by atoms with Crippen LogP contribution in [0.3, 0.4) is 0 Å². The number of alkyl halides is 2. The van der Waals surface area contributed by atoms with E-state index in [4.69, 9.17) is 47.4 Å². The summed E-state index contributed by atoms with van der Waals surface area (Å²) >= 11 is 7.05. The van der Waals surface area contributed by atoms with Crippen LogP contribution >= 0.6 is 31.9 Å². The lowest BCUT2D eigenvalue weighted by molar-refractivity contribution is -0.365. The number of rotatable bonds is 20. The van der Waals surface area contributed by atoms with Gasteiger partial charge in [-0.25, -0.2) is 0 Å². The van der Waals surface area contributed by atoms with Crippen LogP contribution in [0.4, 0.5) is 0 Å². The lowest BCUT2D eigenvalue weighted by atomic mass is 9.96. The summed E-state index contributed by atoms with van der Waals surface area (Å²) in [6, 6.07) is 18.7. The van der Waals surface area contributed by atoms with Crippen molar-refractivity contribution in [3.05, 3.63) is 71.8 Å². The smallest absolute Gasteiger partial charge is 0.303 e. The first-order valence-corrected chi connectivity index (χ1v) is 20.3. The highest BCUT2D eigenvalue weighted by Gasteiger charge is 2.56. The second kappa shape index (κ2) is 23.4. The largest absolute Gasteiger partial charge is 0.463 e. The Hall–Kier alpha value is -3.00. The number of aliphatic hydroxyl groups excluding tert-OH is 1. The van der Waals surface area contributed by atoms with E-state index < -0.39 is 91.9 Å². The van der Waals surface area contributed by atoms with Crippen molar-refractivity contribution >= 4 is 55.7 Å². The van der Waals surface area contributed by atoms with Crippen molar-refractivity contribution in [2.75, 3.05) is 25.2 Å². The molecule has 56 heavy (non-hydrogen) atoms. The van der Waals surface area contributed by atoms with E-state index in [1.807, 2.05) is 60.7 Å². The number of hydrogen-bond acceptors (Lipinski definition) is 15. The number of halogens is 2. The molecular weight excluding hydrogens is 868 g/mol. The zero-order chi connectivity index (χ0) is 40.6. The Morgan fingerprint density at radius 2 is 1.23 bits per heavy atom. The zero-order valence-corrected chi connectivity index (χ0v) is 34.9. The molecule has 11 atom stereocenters. The Morgan fingerprint density at radius 3 is 1.82 bits per heavy atom. The average Bonchev–Trinajstić information content (AvgIpc) is 3.16. The third kappa shape index (κ3) is 14.4. The van der Waals surface area contributed by atoms with Gasteiger partial charge in [0.15, 0.2) is 30.9 Å². The maximum atomic E-state index is 12.6. The first-order chi connectivity index (χ1) is 26.9. The number of esters is 4. The molecule has 0 aromatic heterocycles. The van der Waals surface area contributed by atoms with Crippen LogP contribution in [0.25, 0.3) is 0 Å². The van der Waals surface area contributed by atoms with Crippen molar-refractivity contribution < 1.29 is 71.7 Å². The third-order valence-corrected chi connectivity index (χ3v) is 11.1. The predicted molar refractivity (Wildman–Crippen MR) is 204 cm³/mol. The molecule has 2 aliphatic rings. The summed E-state index contributed by atoms with van der Waals surface area (Å²) < 4.78 is 60.0. The van der Waals surface area contributed by atoms with E-state index in [2.05, 4.69) is 31.9 Å². The molecule has 2 aromatic rings. The highest BCUT2D eigenvalue weighted by molar-refractivity contribution is 9.12. The van der Waals surface area contributed by atoms with Crippen LogP contribution in [-0.2, 0) is 79.8 Å². The molecule has 2 saturated heterocycles. The van der Waals surface area contributed by atoms with Gasteiger partial charge in [-0.05, 0) is 24.0 Å². The van der Waals surface area contributed by atoms with Gasteiger partial charge in [0, 0.05) is 44.5 Å². The topological polar surface area (TPSA) is 181 Å². The molecule has 4 rings (SSSR count). The molecule has 2 aromatic carbocycles. The summed E-state index contributed by atoms with van der Waals surface area (Å²) in [4.78, 5) is 49.5. The third-order valence-electron chi connectivity index (χ3n) is 8.64. The van der Waals surface area contributed by atoms with E-state index >= 15 is 0 Å². The van der Waals surface area contributed by atoms with E-state index in [1.165, 1.54) is 6.92 Å². The van der Waals surface area contributed by atoms with Crippen LogP contribution in [0.2, 0.25) is 0 Å². The van der Waals surface area contributed by atoms with Crippen LogP contribution in [0.5, 0.6) is 0 Å². The van der Waals surface area contributed by atoms with Gasteiger partial charge in [0.1, 0.15) is 37.1 Å². The molecule has 0 saturated carbocycles. The van der Waals surface area contributed by atoms with Gasteiger partial charge in [-0.2, -0.15) is 0 Å². The van der Waals surface area contributed by atoms with Crippen molar-refractivity contribution in [2.24, 2.45) is 0 Å². The van der Waals surface area contributed by atoms with Crippen LogP contribution in [0.15, 0.2) is 60.7 Å². The van der Waals surface area contributed by atoms with Crippen molar-refractivity contribution in [1.82, 2.24) is 0 Å². The molecule has 310 valence electrons. The molecule has 0 spiro atoms. The Balaban J connectivity index is 1.73. The van der Waals surface area contributed by atoms with E-state index in [9.17, 15) is 24.3 Å². The van der Waals surface area contributed by atoms with E-state index in [0.717, 1.165) is 43.6 Å². The van der Waals surface area contributed by atoms with E-state index in [-0.39, 0.29) is 31.3 Å². The number of ether oxygens (including phenoxy) is 10. The van der Waals surface area contributed by atoms with Gasteiger partial charge in [0.2, 0.25) is 0 Å². The summed E-state index contributed by atoms with van der Waals surface area (Å²) in [7, 11) is 0. The molecular formula is C39H50Br2O15. The monoisotopic (exact) mass is 916 g/mol. The summed E-state index contributed by atoms with van der Waals surface area (Å²) in [5, 5.41) is 12.6. The molecule has 0 bridgehead atoms. The Bertz CT molecular complexity index is 1520. The maximum Gasteiger partial charge on any atom is 0.303 e. The van der Waals surface area contributed by atoms with Crippen LogP contribution in [-0.4, -0.2) is 120 Å².